The van der Waals surface area contributed by atoms with Crippen LogP contribution in [0.5, 0.6) is 0 Å². The zero-order valence-corrected chi connectivity index (χ0v) is 8.86. The molecule has 0 aliphatic heterocycles. The molecule has 0 radical (unpaired) electrons. The van der Waals surface area contributed by atoms with Crippen molar-refractivity contribution in [2.24, 2.45) is 5.92 Å². The SMILES string of the molecule is O=C(NCc1ccc2cn[nH]c2c1)C1CC1. The maximum absolute atomic E-state index is 11.5. The van der Waals surface area contributed by atoms with Gasteiger partial charge in [0.2, 0.25) is 5.91 Å². The molecule has 1 aliphatic rings. The van der Waals surface area contributed by atoms with Crippen LogP contribution in [0.1, 0.15) is 18.4 Å². The molecule has 1 aromatic carbocycles. The fourth-order valence-electron chi connectivity index (χ4n) is 1.77. The summed E-state index contributed by atoms with van der Waals surface area (Å²) in [6.45, 7) is 0.601. The monoisotopic (exact) mass is 215 g/mol. The van der Waals surface area contributed by atoms with Crippen molar-refractivity contribution in [2.45, 2.75) is 19.4 Å². The normalized spacial score (nSPS) is 15.2. The Morgan fingerprint density at radius 2 is 2.38 bits per heavy atom. The molecule has 16 heavy (non-hydrogen) atoms. The molecule has 1 fully saturated rings. The van der Waals surface area contributed by atoms with Gasteiger partial charge >= 0.3 is 0 Å². The smallest absolute Gasteiger partial charge is 0.223 e. The number of fused-ring (bicyclic) bond motifs is 1. The minimum Gasteiger partial charge on any atom is -0.352 e. The van der Waals surface area contributed by atoms with Gasteiger partial charge in [0.1, 0.15) is 0 Å². The predicted molar refractivity (Wildman–Crippen MR) is 60.7 cm³/mol. The highest BCUT2D eigenvalue weighted by atomic mass is 16.2. The number of carbonyl (C=O) groups excluding carboxylic acids is 1. The predicted octanol–water partition coefficient (Wildman–Crippen LogP) is 1.59. The van der Waals surface area contributed by atoms with Crippen LogP contribution in [0.3, 0.4) is 0 Å². The highest BCUT2D eigenvalue weighted by molar-refractivity contribution is 5.81. The molecule has 0 saturated heterocycles. The third-order valence-corrected chi connectivity index (χ3v) is 2.92. The largest absolute Gasteiger partial charge is 0.352 e. The molecule has 2 aromatic rings. The van der Waals surface area contributed by atoms with Crippen LogP contribution >= 0.6 is 0 Å². The number of carbonyl (C=O) groups is 1. The Morgan fingerprint density at radius 3 is 3.19 bits per heavy atom. The van der Waals surface area contributed by atoms with E-state index in [1.165, 1.54) is 0 Å². The Bertz CT molecular complexity index is 528. The maximum Gasteiger partial charge on any atom is 0.223 e. The van der Waals surface area contributed by atoms with Crippen molar-refractivity contribution in [3.05, 3.63) is 30.0 Å². The van der Waals surface area contributed by atoms with E-state index in [-0.39, 0.29) is 11.8 Å². The third-order valence-electron chi connectivity index (χ3n) is 2.92. The van der Waals surface area contributed by atoms with Crippen LogP contribution in [-0.2, 0) is 11.3 Å². The van der Waals surface area contributed by atoms with Crippen LogP contribution in [0.15, 0.2) is 24.4 Å². The van der Waals surface area contributed by atoms with Crippen LogP contribution in [0.25, 0.3) is 10.9 Å². The summed E-state index contributed by atoms with van der Waals surface area (Å²) in [6, 6.07) is 6.05. The van der Waals surface area contributed by atoms with Crippen molar-refractivity contribution < 1.29 is 4.79 Å². The van der Waals surface area contributed by atoms with Gasteiger partial charge in [-0.1, -0.05) is 12.1 Å². The van der Waals surface area contributed by atoms with Gasteiger partial charge in [0.05, 0.1) is 11.7 Å². The van der Waals surface area contributed by atoms with E-state index in [1.54, 1.807) is 6.20 Å². The number of nitrogens with one attached hydrogen (secondary N) is 2. The summed E-state index contributed by atoms with van der Waals surface area (Å²) >= 11 is 0. The van der Waals surface area contributed by atoms with Crippen LogP contribution < -0.4 is 5.32 Å². The van der Waals surface area contributed by atoms with Gasteiger partial charge in [-0.15, -0.1) is 0 Å². The zero-order chi connectivity index (χ0) is 11.0. The molecule has 1 saturated carbocycles. The second-order valence-corrected chi connectivity index (χ2v) is 4.28. The molecule has 82 valence electrons. The van der Waals surface area contributed by atoms with Crippen molar-refractivity contribution in [3.63, 3.8) is 0 Å². The van der Waals surface area contributed by atoms with E-state index in [1.807, 2.05) is 18.2 Å². The number of rotatable bonds is 3. The molecular formula is C12H13N3O. The average Bonchev–Trinajstić information content (AvgIpc) is 3.04. The number of aromatic amines is 1. The molecule has 0 unspecified atom stereocenters. The van der Waals surface area contributed by atoms with Crippen LogP contribution in [0.2, 0.25) is 0 Å². The summed E-state index contributed by atoms with van der Waals surface area (Å²) in [4.78, 5) is 11.5. The van der Waals surface area contributed by atoms with E-state index in [4.69, 9.17) is 0 Å². The molecule has 2 N–H and O–H groups in total. The molecule has 4 heteroatoms. The minimum absolute atomic E-state index is 0.185. The van der Waals surface area contributed by atoms with E-state index >= 15 is 0 Å². The number of hydrogen-bond donors (Lipinski definition) is 2. The van der Waals surface area contributed by atoms with Crippen LogP contribution in [-0.4, -0.2) is 16.1 Å². The van der Waals surface area contributed by atoms with Gasteiger partial charge < -0.3 is 5.32 Å². The molecule has 0 bridgehead atoms. The van der Waals surface area contributed by atoms with Gasteiger partial charge in [0.15, 0.2) is 0 Å². The average molecular weight is 215 g/mol. The molecule has 1 amide bonds. The van der Waals surface area contributed by atoms with Crippen LogP contribution in [0.4, 0.5) is 0 Å². The molecule has 1 heterocycles. The van der Waals surface area contributed by atoms with Gasteiger partial charge in [0.25, 0.3) is 0 Å². The van der Waals surface area contributed by atoms with Crippen molar-refractivity contribution in [3.8, 4) is 0 Å². The van der Waals surface area contributed by atoms with E-state index in [2.05, 4.69) is 15.5 Å². The van der Waals surface area contributed by atoms with Gasteiger partial charge in [-0.05, 0) is 24.5 Å². The second-order valence-electron chi connectivity index (χ2n) is 4.28. The Balaban J connectivity index is 1.70. The van der Waals surface area contributed by atoms with Gasteiger partial charge in [-0.3, -0.25) is 9.89 Å². The number of benzene rings is 1. The van der Waals surface area contributed by atoms with Crippen molar-refractivity contribution in [2.75, 3.05) is 0 Å². The number of H-pyrrole nitrogens is 1. The highest BCUT2D eigenvalue weighted by Crippen LogP contribution is 2.28. The summed E-state index contributed by atoms with van der Waals surface area (Å²) in [5, 5.41) is 10.9. The number of aromatic nitrogens is 2. The Labute approximate surface area is 93.0 Å². The summed E-state index contributed by atoms with van der Waals surface area (Å²) in [7, 11) is 0. The minimum atomic E-state index is 0.185. The summed E-state index contributed by atoms with van der Waals surface area (Å²) < 4.78 is 0. The first kappa shape index (κ1) is 9.39. The molecule has 4 nitrogen and oxygen atoms in total. The van der Waals surface area contributed by atoms with Crippen LogP contribution in [0, 0.1) is 5.92 Å². The van der Waals surface area contributed by atoms with Gasteiger partial charge in [0, 0.05) is 17.8 Å². The standard InChI is InChI=1S/C12H13N3O/c16-12(9-3-4-9)13-6-8-1-2-10-7-14-15-11(10)5-8/h1-2,5,7,9H,3-4,6H2,(H,13,16)(H,14,15). The van der Waals surface area contributed by atoms with E-state index in [9.17, 15) is 4.79 Å². The Hall–Kier alpha value is -1.84. The fourth-order valence-corrected chi connectivity index (χ4v) is 1.77. The summed E-state index contributed by atoms with van der Waals surface area (Å²) in [5.74, 6) is 0.459. The molecule has 1 aliphatic carbocycles. The number of amides is 1. The Morgan fingerprint density at radius 1 is 1.50 bits per heavy atom. The topological polar surface area (TPSA) is 57.8 Å². The quantitative estimate of drug-likeness (QED) is 0.816. The fraction of sp³-hybridized carbons (Fsp3) is 0.333. The first-order valence-electron chi connectivity index (χ1n) is 5.52. The zero-order valence-electron chi connectivity index (χ0n) is 8.86. The van der Waals surface area contributed by atoms with Crippen molar-refractivity contribution >= 4 is 16.8 Å². The molecule has 0 atom stereocenters. The highest BCUT2D eigenvalue weighted by Gasteiger charge is 2.29. The van der Waals surface area contributed by atoms with E-state index in [0.29, 0.717) is 6.54 Å². The Kier molecular flexibility index (Phi) is 2.13. The number of nitrogens with zero attached hydrogens (tertiary/aromatic N) is 1. The lowest BCUT2D eigenvalue weighted by Gasteiger charge is -2.04. The first-order chi connectivity index (χ1) is 7.83. The molecule has 3 rings (SSSR count). The maximum atomic E-state index is 11.5. The van der Waals surface area contributed by atoms with E-state index < -0.39 is 0 Å². The molecule has 0 spiro atoms. The number of hydrogen-bond acceptors (Lipinski definition) is 2. The lowest BCUT2D eigenvalue weighted by atomic mass is 10.1. The first-order valence-corrected chi connectivity index (χ1v) is 5.52. The van der Waals surface area contributed by atoms with Crippen molar-refractivity contribution in [1.29, 1.82) is 0 Å². The lowest BCUT2D eigenvalue weighted by Crippen LogP contribution is -2.24. The molecular weight excluding hydrogens is 202 g/mol. The third kappa shape index (κ3) is 1.78. The summed E-state index contributed by atoms with van der Waals surface area (Å²) in [6.07, 6.45) is 3.89. The van der Waals surface area contributed by atoms with Crippen molar-refractivity contribution in [1.82, 2.24) is 15.5 Å². The lowest BCUT2D eigenvalue weighted by molar-refractivity contribution is -0.122. The van der Waals surface area contributed by atoms with Gasteiger partial charge in [-0.25, -0.2) is 0 Å². The van der Waals surface area contributed by atoms with Gasteiger partial charge in [-0.2, -0.15) is 5.10 Å². The summed E-state index contributed by atoms with van der Waals surface area (Å²) in [5.41, 5.74) is 2.11. The molecule has 1 aromatic heterocycles. The van der Waals surface area contributed by atoms with E-state index in [0.717, 1.165) is 29.3 Å². The second kappa shape index (κ2) is 3.63.